The van der Waals surface area contributed by atoms with E-state index in [-0.39, 0.29) is 5.60 Å². The minimum Gasteiger partial charge on any atom is -0.487 e. The van der Waals surface area contributed by atoms with Gasteiger partial charge in [0, 0.05) is 44.0 Å². The van der Waals surface area contributed by atoms with E-state index in [1.54, 1.807) is 0 Å². The molecule has 4 heterocycles. The molecule has 1 saturated heterocycles. The van der Waals surface area contributed by atoms with Gasteiger partial charge in [-0.2, -0.15) is 0 Å². The molecule has 6 rings (SSSR count). The van der Waals surface area contributed by atoms with Crippen LogP contribution in [0.4, 0.5) is 0 Å². The Labute approximate surface area is 166 Å². The summed E-state index contributed by atoms with van der Waals surface area (Å²) in [5.41, 5.74) is 4.80. The van der Waals surface area contributed by atoms with Crippen molar-refractivity contribution in [3.05, 3.63) is 54.5 Å². The van der Waals surface area contributed by atoms with Gasteiger partial charge in [-0.15, -0.1) is 0 Å². The highest BCUT2D eigenvalue weighted by Gasteiger charge is 2.41. The van der Waals surface area contributed by atoms with Gasteiger partial charge in [-0.3, -0.25) is 0 Å². The topological polar surface area (TPSA) is 29.8 Å². The van der Waals surface area contributed by atoms with Gasteiger partial charge in [0.25, 0.3) is 0 Å². The first-order valence-electron chi connectivity index (χ1n) is 10.8. The van der Waals surface area contributed by atoms with Crippen LogP contribution in [0.3, 0.4) is 0 Å². The maximum Gasteiger partial charge on any atom is 0.136 e. The molecule has 2 aromatic heterocycles. The number of nitrogens with zero attached hydrogens (tertiary/aromatic N) is 3. The lowest BCUT2D eigenvalue weighted by Crippen LogP contribution is -2.42. The summed E-state index contributed by atoms with van der Waals surface area (Å²) in [5, 5.41) is 0. The first-order chi connectivity index (χ1) is 13.8. The summed E-state index contributed by atoms with van der Waals surface area (Å²) in [5.74, 6) is 1.10. The van der Waals surface area contributed by atoms with Gasteiger partial charge >= 0.3 is 0 Å². The summed E-state index contributed by atoms with van der Waals surface area (Å²) in [6, 6.07) is 11.9. The maximum absolute atomic E-state index is 6.68. The highest BCUT2D eigenvalue weighted by atomic mass is 16.5. The average molecular weight is 374 g/mol. The Morgan fingerprint density at radius 1 is 1.00 bits per heavy atom. The molecule has 3 aromatic rings. The monoisotopic (exact) mass is 373 g/mol. The van der Waals surface area contributed by atoms with E-state index in [1.165, 1.54) is 61.9 Å². The van der Waals surface area contributed by atoms with Gasteiger partial charge in [0.05, 0.1) is 0 Å². The third kappa shape index (κ3) is 2.74. The van der Waals surface area contributed by atoms with E-state index in [0.29, 0.717) is 0 Å². The molecule has 144 valence electrons. The van der Waals surface area contributed by atoms with E-state index >= 15 is 0 Å². The third-order valence-corrected chi connectivity index (χ3v) is 7.15. The van der Waals surface area contributed by atoms with Crippen LogP contribution in [0.15, 0.2) is 48.9 Å². The molecule has 0 radical (unpaired) electrons. The van der Waals surface area contributed by atoms with Crippen LogP contribution in [0.1, 0.15) is 44.1 Å². The molecule has 28 heavy (non-hydrogen) atoms. The van der Waals surface area contributed by atoms with E-state index in [4.69, 9.17) is 4.74 Å². The Morgan fingerprint density at radius 3 is 2.82 bits per heavy atom. The number of imidazole rings is 1. The summed E-state index contributed by atoms with van der Waals surface area (Å²) >= 11 is 0. The first-order valence-corrected chi connectivity index (χ1v) is 10.8. The molecule has 4 nitrogen and oxygen atoms in total. The lowest BCUT2D eigenvalue weighted by atomic mass is 9.89. The molecule has 0 amide bonds. The van der Waals surface area contributed by atoms with Gasteiger partial charge in [0.15, 0.2) is 0 Å². The molecule has 0 bridgehead atoms. The van der Waals surface area contributed by atoms with E-state index in [1.807, 2.05) is 12.4 Å². The molecule has 1 atom stereocenters. The van der Waals surface area contributed by atoms with Crippen molar-refractivity contribution in [3.8, 4) is 16.9 Å². The number of aromatic nitrogens is 2. The number of likely N-dealkylation sites (tertiary alicyclic amines) is 1. The van der Waals surface area contributed by atoms with E-state index in [2.05, 4.69) is 50.8 Å². The molecule has 1 spiro atoms. The first kappa shape index (κ1) is 16.6. The van der Waals surface area contributed by atoms with Gasteiger partial charge in [-0.1, -0.05) is 18.6 Å². The largest absolute Gasteiger partial charge is 0.487 e. The summed E-state index contributed by atoms with van der Waals surface area (Å²) in [7, 11) is 0. The van der Waals surface area contributed by atoms with Crippen LogP contribution in [0.5, 0.6) is 5.75 Å². The predicted molar refractivity (Wildman–Crippen MR) is 111 cm³/mol. The van der Waals surface area contributed by atoms with Crippen LogP contribution in [0.2, 0.25) is 0 Å². The zero-order chi connectivity index (χ0) is 18.6. The zero-order valence-electron chi connectivity index (χ0n) is 16.3. The molecule has 2 aliphatic heterocycles. The Bertz CT molecular complexity index is 1020. The second kappa shape index (κ2) is 6.35. The normalized spacial score (nSPS) is 25.4. The van der Waals surface area contributed by atoms with Crippen molar-refractivity contribution in [1.29, 1.82) is 0 Å². The van der Waals surface area contributed by atoms with Crippen LogP contribution in [-0.2, 0) is 6.42 Å². The van der Waals surface area contributed by atoms with Crippen LogP contribution in [0.25, 0.3) is 16.8 Å². The molecule has 4 heteroatoms. The standard InChI is InChI=1S/C24H27N3O/c1-3-21(4-1)26-12-2-9-24(10-13-26)16-19-6-5-18(15-22(19)28-24)20-7-8-23-25-11-14-27(23)17-20/h5-8,11,14-15,17,21H,1-4,9-10,12-13,16H2. The Morgan fingerprint density at radius 2 is 1.93 bits per heavy atom. The van der Waals surface area contributed by atoms with E-state index in [0.717, 1.165) is 30.3 Å². The van der Waals surface area contributed by atoms with Gasteiger partial charge < -0.3 is 14.0 Å². The molecule has 1 unspecified atom stereocenters. The fourth-order valence-corrected chi connectivity index (χ4v) is 5.27. The quantitative estimate of drug-likeness (QED) is 0.651. The molecular formula is C24H27N3O. The summed E-state index contributed by atoms with van der Waals surface area (Å²) in [6.45, 7) is 2.45. The van der Waals surface area contributed by atoms with Crippen LogP contribution in [-0.4, -0.2) is 39.0 Å². The fourth-order valence-electron chi connectivity index (χ4n) is 5.27. The summed E-state index contributed by atoms with van der Waals surface area (Å²) in [6.07, 6.45) is 14.9. The highest BCUT2D eigenvalue weighted by Crippen LogP contribution is 2.43. The second-order valence-corrected chi connectivity index (χ2v) is 8.87. The number of rotatable bonds is 2. The van der Waals surface area contributed by atoms with Gasteiger partial charge in [0.1, 0.15) is 17.0 Å². The molecule has 2 fully saturated rings. The molecule has 1 aromatic carbocycles. The maximum atomic E-state index is 6.68. The van der Waals surface area contributed by atoms with E-state index < -0.39 is 0 Å². The van der Waals surface area contributed by atoms with Gasteiger partial charge in [0.2, 0.25) is 0 Å². The second-order valence-electron chi connectivity index (χ2n) is 8.87. The van der Waals surface area contributed by atoms with Crippen molar-refractivity contribution in [2.24, 2.45) is 0 Å². The smallest absolute Gasteiger partial charge is 0.136 e. The predicted octanol–water partition coefficient (Wildman–Crippen LogP) is 4.71. The van der Waals surface area contributed by atoms with Crippen LogP contribution in [0, 0.1) is 0 Å². The van der Waals surface area contributed by atoms with Crippen molar-refractivity contribution in [3.63, 3.8) is 0 Å². The Kier molecular flexibility index (Phi) is 3.76. The van der Waals surface area contributed by atoms with Gasteiger partial charge in [-0.25, -0.2) is 4.98 Å². The average Bonchev–Trinajstić information content (AvgIpc) is 3.22. The van der Waals surface area contributed by atoms with Crippen molar-refractivity contribution in [2.75, 3.05) is 13.1 Å². The molecule has 1 saturated carbocycles. The number of pyridine rings is 1. The van der Waals surface area contributed by atoms with Gasteiger partial charge in [-0.05, 0) is 67.1 Å². The number of benzene rings is 1. The third-order valence-electron chi connectivity index (χ3n) is 7.15. The zero-order valence-corrected chi connectivity index (χ0v) is 16.3. The van der Waals surface area contributed by atoms with Crippen LogP contribution >= 0.6 is 0 Å². The lowest BCUT2D eigenvalue weighted by molar-refractivity contribution is 0.0695. The van der Waals surface area contributed by atoms with Crippen LogP contribution < -0.4 is 4.74 Å². The summed E-state index contributed by atoms with van der Waals surface area (Å²) in [4.78, 5) is 7.07. The molecular weight excluding hydrogens is 346 g/mol. The molecule has 3 aliphatic rings. The van der Waals surface area contributed by atoms with E-state index in [9.17, 15) is 0 Å². The molecule has 0 N–H and O–H groups in total. The number of hydrogen-bond acceptors (Lipinski definition) is 3. The van der Waals surface area contributed by atoms with Crippen molar-refractivity contribution in [2.45, 2.75) is 56.6 Å². The Hall–Kier alpha value is -2.33. The lowest BCUT2D eigenvalue weighted by Gasteiger charge is -2.37. The van der Waals surface area contributed by atoms with Crippen molar-refractivity contribution >= 4 is 5.65 Å². The minimum atomic E-state index is 0.0216. The highest BCUT2D eigenvalue weighted by molar-refractivity contribution is 5.67. The molecule has 1 aliphatic carbocycles. The minimum absolute atomic E-state index is 0.0216. The summed E-state index contributed by atoms with van der Waals surface area (Å²) < 4.78 is 8.76. The number of fused-ring (bicyclic) bond motifs is 2. The number of ether oxygens (including phenoxy) is 1. The van der Waals surface area contributed by atoms with Crippen molar-refractivity contribution < 1.29 is 4.74 Å². The fraction of sp³-hybridized carbons (Fsp3) is 0.458. The Balaban J connectivity index is 1.25. The van der Waals surface area contributed by atoms with Crippen molar-refractivity contribution in [1.82, 2.24) is 14.3 Å². The number of hydrogen-bond donors (Lipinski definition) is 0. The SMILES string of the molecule is c1cn2cc(-c3ccc4c(c3)OC3(CCCN(C5CCC5)CC3)C4)ccc2n1.